The standard InChI is InChI=1S/C10H21NO3/c1-8(6-9(12)14-5)11(4)7-10(2,3)13/h8,13H,6-7H2,1-5H3. The molecule has 0 radical (unpaired) electrons. The largest absolute Gasteiger partial charge is 0.469 e. The highest BCUT2D eigenvalue weighted by atomic mass is 16.5. The van der Waals surface area contributed by atoms with Crippen LogP contribution in [0.25, 0.3) is 0 Å². The second-order valence-corrected chi connectivity index (χ2v) is 4.36. The van der Waals surface area contributed by atoms with E-state index in [0.29, 0.717) is 13.0 Å². The Morgan fingerprint density at radius 1 is 1.57 bits per heavy atom. The van der Waals surface area contributed by atoms with Gasteiger partial charge in [-0.3, -0.25) is 4.79 Å². The van der Waals surface area contributed by atoms with Gasteiger partial charge in [-0.15, -0.1) is 0 Å². The van der Waals surface area contributed by atoms with Crippen LogP contribution < -0.4 is 0 Å². The lowest BCUT2D eigenvalue weighted by Gasteiger charge is -2.29. The molecular weight excluding hydrogens is 182 g/mol. The smallest absolute Gasteiger partial charge is 0.307 e. The molecule has 1 N–H and O–H groups in total. The molecule has 1 atom stereocenters. The molecule has 4 heteroatoms. The van der Waals surface area contributed by atoms with Crippen molar-refractivity contribution < 1.29 is 14.6 Å². The Hall–Kier alpha value is -0.610. The molecule has 0 aliphatic heterocycles. The van der Waals surface area contributed by atoms with E-state index in [0.717, 1.165) is 0 Å². The minimum absolute atomic E-state index is 0.0777. The Morgan fingerprint density at radius 3 is 2.43 bits per heavy atom. The van der Waals surface area contributed by atoms with Crippen LogP contribution in [0, 0.1) is 0 Å². The van der Waals surface area contributed by atoms with Gasteiger partial charge in [0.15, 0.2) is 0 Å². The van der Waals surface area contributed by atoms with Crippen molar-refractivity contribution >= 4 is 5.97 Å². The summed E-state index contributed by atoms with van der Waals surface area (Å²) in [6.07, 6.45) is 0.350. The predicted molar refractivity (Wildman–Crippen MR) is 55.0 cm³/mol. The Kier molecular flexibility index (Phi) is 5.08. The zero-order chi connectivity index (χ0) is 11.4. The van der Waals surface area contributed by atoms with Crippen molar-refractivity contribution in [3.63, 3.8) is 0 Å². The first-order valence-electron chi connectivity index (χ1n) is 4.75. The average molecular weight is 203 g/mol. The predicted octanol–water partition coefficient (Wildman–Crippen LogP) is 0.641. The second kappa shape index (κ2) is 5.32. The zero-order valence-electron chi connectivity index (χ0n) is 9.70. The Morgan fingerprint density at radius 2 is 2.07 bits per heavy atom. The molecule has 0 rings (SSSR count). The van der Waals surface area contributed by atoms with E-state index in [-0.39, 0.29) is 12.0 Å². The van der Waals surface area contributed by atoms with Gasteiger partial charge in [0.05, 0.1) is 19.1 Å². The number of aliphatic hydroxyl groups is 1. The fourth-order valence-corrected chi connectivity index (χ4v) is 1.25. The molecule has 14 heavy (non-hydrogen) atoms. The third-order valence-corrected chi connectivity index (χ3v) is 2.08. The molecule has 0 aliphatic carbocycles. The number of methoxy groups -OCH3 is 1. The molecule has 0 aromatic heterocycles. The van der Waals surface area contributed by atoms with Crippen molar-refractivity contribution in [1.29, 1.82) is 0 Å². The van der Waals surface area contributed by atoms with Crippen LogP contribution in [-0.2, 0) is 9.53 Å². The molecule has 0 heterocycles. The fraction of sp³-hybridized carbons (Fsp3) is 0.900. The summed E-state index contributed by atoms with van der Waals surface area (Å²) >= 11 is 0. The van der Waals surface area contributed by atoms with E-state index in [4.69, 9.17) is 0 Å². The number of rotatable bonds is 5. The lowest BCUT2D eigenvalue weighted by Crippen LogP contribution is -2.41. The van der Waals surface area contributed by atoms with Gasteiger partial charge in [0.1, 0.15) is 0 Å². The molecule has 0 aromatic rings. The van der Waals surface area contributed by atoms with Gasteiger partial charge < -0.3 is 14.7 Å². The van der Waals surface area contributed by atoms with Crippen molar-refractivity contribution in [3.05, 3.63) is 0 Å². The van der Waals surface area contributed by atoms with Gasteiger partial charge in [-0.05, 0) is 27.8 Å². The summed E-state index contributed by atoms with van der Waals surface area (Å²) in [5.74, 6) is -0.222. The molecular formula is C10H21NO3. The van der Waals surface area contributed by atoms with Gasteiger partial charge in [0.25, 0.3) is 0 Å². The highest BCUT2D eigenvalue weighted by Gasteiger charge is 2.20. The summed E-state index contributed by atoms with van der Waals surface area (Å²) < 4.78 is 4.57. The summed E-state index contributed by atoms with van der Waals surface area (Å²) in [6, 6.07) is 0.0777. The number of carbonyl (C=O) groups is 1. The Balaban J connectivity index is 3.99. The third kappa shape index (κ3) is 5.94. The summed E-state index contributed by atoms with van der Waals surface area (Å²) in [5.41, 5.74) is -0.737. The van der Waals surface area contributed by atoms with E-state index in [9.17, 15) is 9.90 Å². The van der Waals surface area contributed by atoms with Crippen LogP contribution in [0.3, 0.4) is 0 Å². The minimum Gasteiger partial charge on any atom is -0.469 e. The highest BCUT2D eigenvalue weighted by Crippen LogP contribution is 2.08. The van der Waals surface area contributed by atoms with Crippen LogP contribution in [0.2, 0.25) is 0 Å². The molecule has 0 amide bonds. The molecule has 0 saturated carbocycles. The molecule has 0 aliphatic rings. The lowest BCUT2D eigenvalue weighted by molar-refractivity contribution is -0.142. The maximum absolute atomic E-state index is 11.0. The second-order valence-electron chi connectivity index (χ2n) is 4.36. The number of hydrogen-bond donors (Lipinski definition) is 1. The highest BCUT2D eigenvalue weighted by molar-refractivity contribution is 5.69. The normalized spacial score (nSPS) is 14.2. The number of ether oxygens (including phenoxy) is 1. The molecule has 0 saturated heterocycles. The first kappa shape index (κ1) is 13.4. The molecule has 84 valence electrons. The number of likely N-dealkylation sites (N-methyl/N-ethyl adjacent to an activating group) is 1. The zero-order valence-corrected chi connectivity index (χ0v) is 9.70. The first-order chi connectivity index (χ1) is 6.26. The number of carbonyl (C=O) groups excluding carboxylic acids is 1. The number of hydrogen-bond acceptors (Lipinski definition) is 4. The van der Waals surface area contributed by atoms with Gasteiger partial charge in [0.2, 0.25) is 0 Å². The maximum Gasteiger partial charge on any atom is 0.307 e. The van der Waals surface area contributed by atoms with Crippen molar-refractivity contribution in [2.24, 2.45) is 0 Å². The number of nitrogens with zero attached hydrogens (tertiary/aromatic N) is 1. The molecule has 4 nitrogen and oxygen atoms in total. The van der Waals surface area contributed by atoms with Gasteiger partial charge in [0, 0.05) is 12.6 Å². The maximum atomic E-state index is 11.0. The van der Waals surface area contributed by atoms with E-state index < -0.39 is 5.60 Å². The van der Waals surface area contributed by atoms with Crippen LogP contribution in [0.15, 0.2) is 0 Å². The molecule has 0 fully saturated rings. The summed E-state index contributed by atoms with van der Waals surface area (Å²) in [5, 5.41) is 9.57. The van der Waals surface area contributed by atoms with Gasteiger partial charge in [-0.2, -0.15) is 0 Å². The molecule has 0 spiro atoms. The van der Waals surface area contributed by atoms with Gasteiger partial charge >= 0.3 is 5.97 Å². The van der Waals surface area contributed by atoms with Crippen LogP contribution in [0.4, 0.5) is 0 Å². The Labute approximate surface area is 85.9 Å². The van der Waals surface area contributed by atoms with Crippen molar-refractivity contribution in [2.75, 3.05) is 20.7 Å². The van der Waals surface area contributed by atoms with Crippen molar-refractivity contribution in [2.45, 2.75) is 38.8 Å². The van der Waals surface area contributed by atoms with Gasteiger partial charge in [-0.1, -0.05) is 0 Å². The molecule has 1 unspecified atom stereocenters. The third-order valence-electron chi connectivity index (χ3n) is 2.08. The van der Waals surface area contributed by atoms with Crippen LogP contribution >= 0.6 is 0 Å². The van der Waals surface area contributed by atoms with E-state index in [2.05, 4.69) is 4.74 Å². The first-order valence-corrected chi connectivity index (χ1v) is 4.75. The summed E-state index contributed by atoms with van der Waals surface area (Å²) in [6.45, 7) is 5.95. The Bertz CT molecular complexity index is 186. The van der Waals surface area contributed by atoms with E-state index in [1.165, 1.54) is 7.11 Å². The number of esters is 1. The van der Waals surface area contributed by atoms with Crippen LogP contribution in [-0.4, -0.2) is 48.3 Å². The average Bonchev–Trinajstić information content (AvgIpc) is 2.00. The lowest BCUT2D eigenvalue weighted by atomic mass is 10.1. The van der Waals surface area contributed by atoms with Crippen LogP contribution in [0.5, 0.6) is 0 Å². The van der Waals surface area contributed by atoms with E-state index in [1.807, 2.05) is 18.9 Å². The topological polar surface area (TPSA) is 49.8 Å². The summed E-state index contributed by atoms with van der Waals surface area (Å²) in [4.78, 5) is 12.9. The summed E-state index contributed by atoms with van der Waals surface area (Å²) in [7, 11) is 3.26. The molecule has 0 bridgehead atoms. The van der Waals surface area contributed by atoms with Crippen LogP contribution in [0.1, 0.15) is 27.2 Å². The monoisotopic (exact) mass is 203 g/mol. The molecule has 0 aromatic carbocycles. The SMILES string of the molecule is COC(=O)CC(C)N(C)CC(C)(C)O. The fourth-order valence-electron chi connectivity index (χ4n) is 1.25. The van der Waals surface area contributed by atoms with E-state index in [1.54, 1.807) is 13.8 Å². The van der Waals surface area contributed by atoms with Gasteiger partial charge in [-0.25, -0.2) is 0 Å². The van der Waals surface area contributed by atoms with Crippen molar-refractivity contribution in [3.8, 4) is 0 Å². The van der Waals surface area contributed by atoms with Crippen molar-refractivity contribution in [1.82, 2.24) is 4.90 Å². The van der Waals surface area contributed by atoms with E-state index >= 15 is 0 Å². The minimum atomic E-state index is -0.737. The quantitative estimate of drug-likeness (QED) is 0.666.